The van der Waals surface area contributed by atoms with Crippen molar-refractivity contribution in [1.29, 1.82) is 0 Å². The van der Waals surface area contributed by atoms with Gasteiger partial charge in [0.2, 0.25) is 0 Å². The van der Waals surface area contributed by atoms with Crippen molar-refractivity contribution >= 4 is 5.97 Å². The second-order valence-corrected chi connectivity index (χ2v) is 2.76. The molecule has 0 unspecified atom stereocenters. The molecule has 0 aliphatic rings. The highest BCUT2D eigenvalue weighted by atomic mass is 19.1. The first-order chi connectivity index (χ1) is 6.65. The number of hydrogen-bond acceptors (Lipinski definition) is 4. The summed E-state index contributed by atoms with van der Waals surface area (Å²) < 4.78 is 17.5. The second kappa shape index (κ2) is 4.66. The monoisotopic (exact) mass is 198 g/mol. The van der Waals surface area contributed by atoms with Crippen LogP contribution in [0, 0.1) is 5.82 Å². The second-order valence-electron chi connectivity index (χ2n) is 2.76. The number of carbonyl (C=O) groups is 1. The highest BCUT2D eigenvalue weighted by Crippen LogP contribution is 2.14. The fourth-order valence-electron chi connectivity index (χ4n) is 1.03. The Kier molecular flexibility index (Phi) is 3.53. The van der Waals surface area contributed by atoms with Crippen molar-refractivity contribution in [2.24, 2.45) is 5.73 Å². The molecule has 1 aromatic rings. The minimum Gasteiger partial charge on any atom is -0.469 e. The molecular formula is C9H11FN2O2. The maximum Gasteiger partial charge on any atom is 0.307 e. The molecule has 2 N–H and O–H groups in total. The van der Waals surface area contributed by atoms with Crippen molar-refractivity contribution in [3.8, 4) is 0 Å². The van der Waals surface area contributed by atoms with Gasteiger partial charge in [-0.1, -0.05) is 0 Å². The molecule has 0 saturated carbocycles. The van der Waals surface area contributed by atoms with Gasteiger partial charge in [-0.3, -0.25) is 9.78 Å². The molecular weight excluding hydrogens is 187 g/mol. The first kappa shape index (κ1) is 10.6. The molecule has 0 radical (unpaired) electrons. The van der Waals surface area contributed by atoms with Gasteiger partial charge in [-0.15, -0.1) is 0 Å². The minimum absolute atomic E-state index is 0.0789. The maximum atomic E-state index is 13.1. The summed E-state index contributed by atoms with van der Waals surface area (Å²) in [4.78, 5) is 14.6. The Morgan fingerprint density at radius 2 is 2.50 bits per heavy atom. The number of pyridine rings is 1. The van der Waals surface area contributed by atoms with Crippen LogP contribution < -0.4 is 5.73 Å². The van der Waals surface area contributed by atoms with Gasteiger partial charge in [-0.2, -0.15) is 0 Å². The lowest BCUT2D eigenvalue weighted by Gasteiger charge is -2.09. The SMILES string of the molecule is COC(=O)C[C@@H](N)c1ncccc1F. The number of halogens is 1. The third-order valence-corrected chi connectivity index (χ3v) is 1.75. The van der Waals surface area contributed by atoms with E-state index in [-0.39, 0.29) is 12.1 Å². The molecule has 14 heavy (non-hydrogen) atoms. The molecule has 76 valence electrons. The Morgan fingerprint density at radius 1 is 1.79 bits per heavy atom. The lowest BCUT2D eigenvalue weighted by Crippen LogP contribution is -2.18. The molecule has 1 aromatic heterocycles. The smallest absolute Gasteiger partial charge is 0.307 e. The zero-order chi connectivity index (χ0) is 10.6. The van der Waals surface area contributed by atoms with Crippen molar-refractivity contribution in [3.05, 3.63) is 29.8 Å². The summed E-state index contributed by atoms with van der Waals surface area (Å²) in [6, 6.07) is 1.95. The molecule has 0 amide bonds. The van der Waals surface area contributed by atoms with Gasteiger partial charge in [0.05, 0.1) is 25.3 Å². The molecule has 5 heteroatoms. The summed E-state index contributed by atoms with van der Waals surface area (Å²) in [5.41, 5.74) is 5.65. The average Bonchev–Trinajstić information content (AvgIpc) is 2.18. The van der Waals surface area contributed by atoms with Crippen molar-refractivity contribution in [2.75, 3.05) is 7.11 Å². The van der Waals surface area contributed by atoms with E-state index >= 15 is 0 Å². The summed E-state index contributed by atoms with van der Waals surface area (Å²) in [6.45, 7) is 0. The molecule has 0 fully saturated rings. The Morgan fingerprint density at radius 3 is 3.07 bits per heavy atom. The zero-order valence-electron chi connectivity index (χ0n) is 7.74. The quantitative estimate of drug-likeness (QED) is 0.729. The van der Waals surface area contributed by atoms with Crippen molar-refractivity contribution in [1.82, 2.24) is 4.98 Å². The Bertz CT molecular complexity index is 330. The summed E-state index contributed by atoms with van der Waals surface area (Å²) in [5.74, 6) is -0.994. The van der Waals surface area contributed by atoms with Crippen LogP contribution in [-0.2, 0) is 9.53 Å². The van der Waals surface area contributed by atoms with Crippen molar-refractivity contribution in [2.45, 2.75) is 12.5 Å². The van der Waals surface area contributed by atoms with Gasteiger partial charge in [-0.25, -0.2) is 4.39 Å². The summed E-state index contributed by atoms with van der Waals surface area (Å²) >= 11 is 0. The van der Waals surface area contributed by atoms with Crippen molar-refractivity contribution in [3.63, 3.8) is 0 Å². The molecule has 1 heterocycles. The van der Waals surface area contributed by atoms with E-state index in [4.69, 9.17) is 5.73 Å². The van der Waals surface area contributed by atoms with Crippen LogP contribution >= 0.6 is 0 Å². The number of nitrogens with zero attached hydrogens (tertiary/aromatic N) is 1. The van der Waals surface area contributed by atoms with E-state index in [2.05, 4.69) is 9.72 Å². The van der Waals surface area contributed by atoms with Gasteiger partial charge in [0.15, 0.2) is 0 Å². The standard InChI is InChI=1S/C9H11FN2O2/c1-14-8(13)5-7(11)9-6(10)3-2-4-12-9/h2-4,7H,5,11H2,1H3/t7-/m1/s1. The number of carbonyl (C=O) groups excluding carboxylic acids is 1. The van der Waals surface area contributed by atoms with Crippen LogP contribution in [-0.4, -0.2) is 18.1 Å². The number of esters is 1. The van der Waals surface area contributed by atoms with Crippen LogP contribution in [0.1, 0.15) is 18.2 Å². The molecule has 0 spiro atoms. The van der Waals surface area contributed by atoms with Gasteiger partial charge < -0.3 is 10.5 Å². The van der Waals surface area contributed by atoms with E-state index < -0.39 is 17.8 Å². The molecule has 0 aliphatic carbocycles. The first-order valence-corrected chi connectivity index (χ1v) is 4.08. The zero-order valence-corrected chi connectivity index (χ0v) is 7.74. The predicted octanol–water partition coefficient (Wildman–Crippen LogP) is 0.784. The van der Waals surface area contributed by atoms with Crippen LogP contribution in [0.15, 0.2) is 18.3 Å². The van der Waals surface area contributed by atoms with Gasteiger partial charge in [-0.05, 0) is 12.1 Å². The normalized spacial score (nSPS) is 12.2. The first-order valence-electron chi connectivity index (χ1n) is 4.08. The number of methoxy groups -OCH3 is 1. The minimum atomic E-state index is -0.761. The lowest BCUT2D eigenvalue weighted by atomic mass is 10.1. The van der Waals surface area contributed by atoms with Gasteiger partial charge in [0.25, 0.3) is 0 Å². The Hall–Kier alpha value is -1.49. The van der Waals surface area contributed by atoms with Crippen LogP contribution in [0.2, 0.25) is 0 Å². The topological polar surface area (TPSA) is 65.2 Å². The van der Waals surface area contributed by atoms with E-state index in [9.17, 15) is 9.18 Å². The van der Waals surface area contributed by atoms with E-state index in [0.717, 1.165) is 0 Å². The number of rotatable bonds is 3. The molecule has 4 nitrogen and oxygen atoms in total. The fourth-order valence-corrected chi connectivity index (χ4v) is 1.03. The van der Waals surface area contributed by atoms with Gasteiger partial charge >= 0.3 is 5.97 Å². The highest BCUT2D eigenvalue weighted by molar-refractivity contribution is 5.70. The van der Waals surface area contributed by atoms with Gasteiger partial charge in [0, 0.05) is 6.20 Å². The average molecular weight is 198 g/mol. The summed E-state index contributed by atoms with van der Waals surface area (Å²) in [6.07, 6.45) is 1.35. The fraction of sp³-hybridized carbons (Fsp3) is 0.333. The largest absolute Gasteiger partial charge is 0.469 e. The summed E-state index contributed by atoms with van der Waals surface area (Å²) in [5, 5.41) is 0. The van der Waals surface area contributed by atoms with Crippen LogP contribution in [0.5, 0.6) is 0 Å². The third kappa shape index (κ3) is 2.50. The molecule has 0 aliphatic heterocycles. The Balaban J connectivity index is 2.74. The number of nitrogens with two attached hydrogens (primary N) is 1. The molecule has 0 bridgehead atoms. The van der Waals surface area contributed by atoms with Crippen LogP contribution in [0.4, 0.5) is 4.39 Å². The van der Waals surface area contributed by atoms with Crippen molar-refractivity contribution < 1.29 is 13.9 Å². The van der Waals surface area contributed by atoms with E-state index in [1.807, 2.05) is 0 Å². The highest BCUT2D eigenvalue weighted by Gasteiger charge is 2.16. The molecule has 1 rings (SSSR count). The van der Waals surface area contributed by atoms with E-state index in [1.165, 1.54) is 25.4 Å². The molecule has 0 aromatic carbocycles. The van der Waals surface area contributed by atoms with Crippen LogP contribution in [0.3, 0.4) is 0 Å². The van der Waals surface area contributed by atoms with Crippen LogP contribution in [0.25, 0.3) is 0 Å². The maximum absolute atomic E-state index is 13.1. The number of aromatic nitrogens is 1. The predicted molar refractivity (Wildman–Crippen MR) is 47.8 cm³/mol. The number of hydrogen-bond donors (Lipinski definition) is 1. The third-order valence-electron chi connectivity index (χ3n) is 1.75. The lowest BCUT2D eigenvalue weighted by molar-refractivity contribution is -0.141. The number of ether oxygens (including phenoxy) is 1. The molecule has 1 atom stereocenters. The van der Waals surface area contributed by atoms with Gasteiger partial charge in [0.1, 0.15) is 5.82 Å². The molecule has 0 saturated heterocycles. The summed E-state index contributed by atoms with van der Waals surface area (Å²) in [7, 11) is 1.25. The van der Waals surface area contributed by atoms with E-state index in [1.54, 1.807) is 0 Å². The van der Waals surface area contributed by atoms with E-state index in [0.29, 0.717) is 0 Å². The Labute approximate surface area is 80.9 Å².